The average molecular weight is 276 g/mol. The molecule has 3 rings (SSSR count). The SMILES string of the molecule is CC1=Nn2c(CSc3ccccc3)nnc2SC1. The highest BCUT2D eigenvalue weighted by atomic mass is 32.2. The van der Waals surface area contributed by atoms with Crippen LogP contribution in [0.4, 0.5) is 0 Å². The van der Waals surface area contributed by atoms with E-state index in [1.807, 2.05) is 29.8 Å². The lowest BCUT2D eigenvalue weighted by molar-refractivity contribution is 0.730. The van der Waals surface area contributed by atoms with Gasteiger partial charge in [-0.2, -0.15) is 9.78 Å². The number of fused-ring (bicyclic) bond motifs is 1. The van der Waals surface area contributed by atoms with Crippen LogP contribution in [0.1, 0.15) is 12.7 Å². The second-order valence-corrected chi connectivity index (χ2v) is 5.93. The van der Waals surface area contributed by atoms with Gasteiger partial charge in [0.15, 0.2) is 5.82 Å². The summed E-state index contributed by atoms with van der Waals surface area (Å²) in [5.41, 5.74) is 1.11. The molecule has 92 valence electrons. The van der Waals surface area contributed by atoms with E-state index in [-0.39, 0.29) is 0 Å². The highest BCUT2D eigenvalue weighted by Crippen LogP contribution is 2.26. The van der Waals surface area contributed by atoms with Crippen molar-refractivity contribution in [3.63, 3.8) is 0 Å². The number of nitrogens with zero attached hydrogens (tertiary/aromatic N) is 4. The first kappa shape index (κ1) is 11.8. The molecule has 0 atom stereocenters. The molecule has 1 aliphatic heterocycles. The molecule has 0 bridgehead atoms. The van der Waals surface area contributed by atoms with E-state index in [1.54, 1.807) is 23.5 Å². The fraction of sp³-hybridized carbons (Fsp3) is 0.250. The van der Waals surface area contributed by atoms with Gasteiger partial charge in [0.25, 0.3) is 0 Å². The van der Waals surface area contributed by atoms with Crippen molar-refractivity contribution in [1.29, 1.82) is 0 Å². The maximum atomic E-state index is 4.49. The van der Waals surface area contributed by atoms with E-state index in [0.29, 0.717) is 0 Å². The molecule has 18 heavy (non-hydrogen) atoms. The van der Waals surface area contributed by atoms with Gasteiger partial charge in [-0.05, 0) is 19.1 Å². The van der Waals surface area contributed by atoms with Crippen LogP contribution in [0.3, 0.4) is 0 Å². The van der Waals surface area contributed by atoms with E-state index in [9.17, 15) is 0 Å². The van der Waals surface area contributed by atoms with Crippen LogP contribution in [0.15, 0.2) is 45.5 Å². The van der Waals surface area contributed by atoms with E-state index < -0.39 is 0 Å². The third-order valence-electron chi connectivity index (χ3n) is 2.47. The minimum Gasteiger partial charge on any atom is -0.191 e. The standard InChI is InChI=1S/C12H12N4S2/c1-9-7-18-12-14-13-11(16(12)15-9)8-17-10-5-3-2-4-6-10/h2-6H,7-8H2,1H3. The molecule has 1 aromatic heterocycles. The molecule has 0 saturated carbocycles. The minimum absolute atomic E-state index is 0.786. The maximum Gasteiger partial charge on any atom is 0.212 e. The summed E-state index contributed by atoms with van der Waals surface area (Å²) in [7, 11) is 0. The molecule has 6 heteroatoms. The molecule has 0 saturated heterocycles. The minimum atomic E-state index is 0.786. The predicted octanol–water partition coefficient (Wildman–Crippen LogP) is 2.90. The van der Waals surface area contributed by atoms with Crippen molar-refractivity contribution >= 4 is 29.2 Å². The third-order valence-corrected chi connectivity index (χ3v) is 4.55. The van der Waals surface area contributed by atoms with Gasteiger partial charge in [0, 0.05) is 16.4 Å². The molecule has 0 spiro atoms. The number of rotatable bonds is 3. The summed E-state index contributed by atoms with van der Waals surface area (Å²) >= 11 is 3.44. The van der Waals surface area contributed by atoms with Crippen molar-refractivity contribution in [3.05, 3.63) is 36.2 Å². The van der Waals surface area contributed by atoms with Crippen LogP contribution in [0.5, 0.6) is 0 Å². The highest BCUT2D eigenvalue weighted by Gasteiger charge is 2.16. The molecular weight excluding hydrogens is 264 g/mol. The van der Waals surface area contributed by atoms with Crippen LogP contribution in [0, 0.1) is 0 Å². The Bertz CT molecular complexity index is 577. The van der Waals surface area contributed by atoms with Crippen molar-refractivity contribution in [2.24, 2.45) is 5.10 Å². The lowest BCUT2D eigenvalue weighted by atomic mass is 10.4. The number of benzene rings is 1. The van der Waals surface area contributed by atoms with Crippen LogP contribution >= 0.6 is 23.5 Å². The quantitative estimate of drug-likeness (QED) is 0.808. The van der Waals surface area contributed by atoms with Gasteiger partial charge in [0.05, 0.1) is 5.75 Å². The number of thioether (sulfide) groups is 2. The fourth-order valence-corrected chi connectivity index (χ4v) is 3.20. The Balaban J connectivity index is 1.77. The number of hydrogen-bond acceptors (Lipinski definition) is 5. The zero-order valence-corrected chi connectivity index (χ0v) is 11.5. The second kappa shape index (κ2) is 5.16. The van der Waals surface area contributed by atoms with Crippen LogP contribution in [-0.4, -0.2) is 26.3 Å². The fourth-order valence-electron chi connectivity index (χ4n) is 1.61. The normalized spacial score (nSPS) is 14.2. The van der Waals surface area contributed by atoms with Crippen LogP contribution in [-0.2, 0) is 5.75 Å². The topological polar surface area (TPSA) is 43.1 Å². The van der Waals surface area contributed by atoms with Crippen molar-refractivity contribution in [2.45, 2.75) is 22.7 Å². The molecule has 0 radical (unpaired) electrons. The summed E-state index contributed by atoms with van der Waals surface area (Å²) in [5.74, 6) is 2.60. The Kier molecular flexibility index (Phi) is 3.38. The Morgan fingerprint density at radius 3 is 2.94 bits per heavy atom. The molecule has 0 fully saturated rings. The van der Waals surface area contributed by atoms with Crippen molar-refractivity contribution in [1.82, 2.24) is 14.9 Å². The molecule has 1 aliphatic rings. The molecule has 0 N–H and O–H groups in total. The summed E-state index contributed by atoms with van der Waals surface area (Å²) in [5, 5.41) is 13.8. The predicted molar refractivity (Wildman–Crippen MR) is 75.3 cm³/mol. The number of hydrogen-bond donors (Lipinski definition) is 0. The molecule has 2 aromatic rings. The van der Waals surface area contributed by atoms with E-state index in [1.165, 1.54) is 4.90 Å². The zero-order chi connectivity index (χ0) is 12.4. The summed E-state index contributed by atoms with van der Waals surface area (Å²) < 4.78 is 1.86. The average Bonchev–Trinajstić information content (AvgIpc) is 2.80. The zero-order valence-electron chi connectivity index (χ0n) is 9.91. The summed E-state index contributed by atoms with van der Waals surface area (Å²) in [6.07, 6.45) is 0. The summed E-state index contributed by atoms with van der Waals surface area (Å²) in [6.45, 7) is 2.03. The van der Waals surface area contributed by atoms with Crippen molar-refractivity contribution in [2.75, 3.05) is 5.75 Å². The molecule has 0 amide bonds. The first-order chi connectivity index (χ1) is 8.83. The Morgan fingerprint density at radius 2 is 2.11 bits per heavy atom. The van der Waals surface area contributed by atoms with E-state index in [2.05, 4.69) is 27.4 Å². The van der Waals surface area contributed by atoms with E-state index >= 15 is 0 Å². The van der Waals surface area contributed by atoms with Gasteiger partial charge >= 0.3 is 0 Å². The second-order valence-electron chi connectivity index (χ2n) is 3.94. The van der Waals surface area contributed by atoms with Gasteiger partial charge in [-0.1, -0.05) is 30.0 Å². The van der Waals surface area contributed by atoms with E-state index in [4.69, 9.17) is 0 Å². The van der Waals surface area contributed by atoms with Gasteiger partial charge in [0.1, 0.15) is 0 Å². The largest absolute Gasteiger partial charge is 0.212 e. The molecular formula is C12H12N4S2. The van der Waals surface area contributed by atoms with E-state index in [0.717, 1.165) is 28.2 Å². The summed E-state index contributed by atoms with van der Waals surface area (Å²) in [6, 6.07) is 10.3. The monoisotopic (exact) mass is 276 g/mol. The van der Waals surface area contributed by atoms with Gasteiger partial charge in [-0.15, -0.1) is 22.0 Å². The molecule has 2 heterocycles. The Labute approximate surface area is 114 Å². The van der Waals surface area contributed by atoms with Gasteiger partial charge in [-0.3, -0.25) is 0 Å². The van der Waals surface area contributed by atoms with Crippen LogP contribution < -0.4 is 0 Å². The maximum absolute atomic E-state index is 4.49. The smallest absolute Gasteiger partial charge is 0.191 e. The third kappa shape index (κ3) is 2.44. The first-order valence-electron chi connectivity index (χ1n) is 5.62. The number of aromatic nitrogens is 3. The lowest BCUT2D eigenvalue weighted by Crippen LogP contribution is -2.09. The molecule has 0 unspecified atom stereocenters. The Morgan fingerprint density at radius 1 is 1.28 bits per heavy atom. The molecule has 1 aromatic carbocycles. The van der Waals surface area contributed by atoms with Crippen molar-refractivity contribution < 1.29 is 0 Å². The summed E-state index contributed by atoms with van der Waals surface area (Å²) in [4.78, 5) is 1.24. The van der Waals surface area contributed by atoms with Crippen LogP contribution in [0.25, 0.3) is 0 Å². The highest BCUT2D eigenvalue weighted by molar-refractivity contribution is 8.00. The molecule has 0 aliphatic carbocycles. The lowest BCUT2D eigenvalue weighted by Gasteiger charge is -2.10. The van der Waals surface area contributed by atoms with Gasteiger partial charge in [0.2, 0.25) is 5.16 Å². The van der Waals surface area contributed by atoms with Gasteiger partial charge in [-0.25, -0.2) is 0 Å². The van der Waals surface area contributed by atoms with Gasteiger partial charge < -0.3 is 0 Å². The Hall–Kier alpha value is -1.27. The van der Waals surface area contributed by atoms with Crippen LogP contribution in [0.2, 0.25) is 0 Å². The first-order valence-corrected chi connectivity index (χ1v) is 7.59. The molecule has 4 nitrogen and oxygen atoms in total. The van der Waals surface area contributed by atoms with Crippen molar-refractivity contribution in [3.8, 4) is 0 Å².